The van der Waals surface area contributed by atoms with Gasteiger partial charge in [0.1, 0.15) is 6.04 Å². The quantitative estimate of drug-likeness (QED) is 0.613. The van der Waals surface area contributed by atoms with Gasteiger partial charge in [0.15, 0.2) is 0 Å². The summed E-state index contributed by atoms with van der Waals surface area (Å²) < 4.78 is 0. The summed E-state index contributed by atoms with van der Waals surface area (Å²) in [5.74, 6) is 1.58. The first kappa shape index (κ1) is 15.6. The van der Waals surface area contributed by atoms with Gasteiger partial charge in [-0.25, -0.2) is 4.79 Å². The summed E-state index contributed by atoms with van der Waals surface area (Å²) in [7, 11) is 0. The van der Waals surface area contributed by atoms with E-state index < -0.39 is 12.0 Å². The van der Waals surface area contributed by atoms with Gasteiger partial charge in [0, 0.05) is 19.4 Å². The molecule has 1 fully saturated rings. The molecule has 1 heterocycles. The van der Waals surface area contributed by atoms with Crippen LogP contribution in [0.2, 0.25) is 0 Å². The predicted octanol–water partition coefficient (Wildman–Crippen LogP) is 2.28. The molecule has 1 aliphatic rings. The summed E-state index contributed by atoms with van der Waals surface area (Å²) in [6.45, 7) is 4.39. The Hall–Kier alpha value is -1.50. The van der Waals surface area contributed by atoms with E-state index in [1.807, 2.05) is 13.8 Å². The van der Waals surface area contributed by atoms with Gasteiger partial charge in [0.05, 0.1) is 0 Å². The Labute approximate surface area is 115 Å². The van der Waals surface area contributed by atoms with Crippen molar-refractivity contribution in [1.82, 2.24) is 4.90 Å². The van der Waals surface area contributed by atoms with Crippen LogP contribution in [0.3, 0.4) is 0 Å². The number of carbonyl (C=O) groups excluding carboxylic acids is 1. The molecule has 0 aromatic heterocycles. The second-order valence-corrected chi connectivity index (χ2v) is 5.83. The molecule has 106 valence electrons. The molecule has 0 aliphatic carbocycles. The number of aliphatic carboxylic acids is 1. The van der Waals surface area contributed by atoms with E-state index in [0.29, 0.717) is 19.4 Å². The number of amides is 1. The van der Waals surface area contributed by atoms with E-state index in [-0.39, 0.29) is 11.3 Å². The van der Waals surface area contributed by atoms with E-state index in [4.69, 9.17) is 6.42 Å². The Morgan fingerprint density at radius 1 is 1.42 bits per heavy atom. The molecule has 4 nitrogen and oxygen atoms in total. The van der Waals surface area contributed by atoms with Gasteiger partial charge in [-0.2, -0.15) is 0 Å². The molecular weight excluding hydrogens is 242 g/mol. The van der Waals surface area contributed by atoms with Crippen molar-refractivity contribution in [2.75, 3.05) is 6.54 Å². The number of carbonyl (C=O) groups is 2. The van der Waals surface area contributed by atoms with Crippen molar-refractivity contribution < 1.29 is 14.7 Å². The first-order valence-corrected chi connectivity index (χ1v) is 6.86. The van der Waals surface area contributed by atoms with Crippen LogP contribution in [0.15, 0.2) is 0 Å². The first-order chi connectivity index (χ1) is 8.90. The van der Waals surface area contributed by atoms with Crippen LogP contribution >= 0.6 is 0 Å². The fraction of sp³-hybridized carbons (Fsp3) is 0.733. The predicted molar refractivity (Wildman–Crippen MR) is 73.5 cm³/mol. The molecule has 1 amide bonds. The molecule has 1 atom stereocenters. The minimum Gasteiger partial charge on any atom is -0.480 e. The molecule has 1 N–H and O–H groups in total. The zero-order chi connectivity index (χ0) is 14.5. The van der Waals surface area contributed by atoms with Crippen LogP contribution in [0.5, 0.6) is 0 Å². The minimum absolute atomic E-state index is 0.0582. The van der Waals surface area contributed by atoms with E-state index in [2.05, 4.69) is 5.92 Å². The van der Waals surface area contributed by atoms with Crippen molar-refractivity contribution in [2.45, 2.75) is 58.4 Å². The molecule has 1 unspecified atom stereocenters. The lowest BCUT2D eigenvalue weighted by molar-refractivity contribution is -0.158. The number of likely N-dealkylation sites (tertiary alicyclic amines) is 1. The topological polar surface area (TPSA) is 57.6 Å². The monoisotopic (exact) mass is 265 g/mol. The van der Waals surface area contributed by atoms with E-state index in [1.165, 1.54) is 0 Å². The van der Waals surface area contributed by atoms with Crippen LogP contribution in [-0.2, 0) is 9.59 Å². The van der Waals surface area contributed by atoms with Gasteiger partial charge in [-0.1, -0.05) is 13.8 Å². The first-order valence-electron chi connectivity index (χ1n) is 6.86. The van der Waals surface area contributed by atoms with Crippen molar-refractivity contribution >= 4 is 11.9 Å². The fourth-order valence-electron chi connectivity index (χ4n) is 2.78. The van der Waals surface area contributed by atoms with E-state index in [1.54, 1.807) is 4.90 Å². The standard InChI is InChI=1S/C15H23NO3/c1-4-5-6-7-9-12(17)16-11-8-10-15(2,3)13(16)14(18)19/h1,13H,5-11H2,2-3H3,(H,18,19). The van der Waals surface area contributed by atoms with Crippen molar-refractivity contribution in [3.05, 3.63) is 0 Å². The SMILES string of the molecule is C#CCCCCC(=O)N1CCCC(C)(C)C1C(=O)O. The highest BCUT2D eigenvalue weighted by Gasteiger charge is 2.44. The summed E-state index contributed by atoms with van der Waals surface area (Å²) in [4.78, 5) is 25.2. The third-order valence-corrected chi connectivity index (χ3v) is 3.79. The molecule has 1 saturated heterocycles. The van der Waals surface area contributed by atoms with Crippen molar-refractivity contribution in [1.29, 1.82) is 0 Å². The molecule has 0 radical (unpaired) electrons. The van der Waals surface area contributed by atoms with E-state index in [9.17, 15) is 14.7 Å². The number of piperidine rings is 1. The van der Waals surface area contributed by atoms with Crippen LogP contribution in [0.1, 0.15) is 52.4 Å². The van der Waals surface area contributed by atoms with Gasteiger partial charge in [-0.05, 0) is 31.1 Å². The van der Waals surface area contributed by atoms with Gasteiger partial charge in [0.25, 0.3) is 0 Å². The lowest BCUT2D eigenvalue weighted by Crippen LogP contribution is -2.56. The van der Waals surface area contributed by atoms with Crippen LogP contribution in [0, 0.1) is 17.8 Å². The minimum atomic E-state index is -0.901. The Balaban J connectivity index is 2.66. The molecule has 0 saturated carbocycles. The maximum Gasteiger partial charge on any atom is 0.326 e. The molecular formula is C15H23NO3. The highest BCUT2D eigenvalue weighted by Crippen LogP contribution is 2.35. The highest BCUT2D eigenvalue weighted by atomic mass is 16.4. The smallest absolute Gasteiger partial charge is 0.326 e. The van der Waals surface area contributed by atoms with Crippen molar-refractivity contribution in [3.63, 3.8) is 0 Å². The lowest BCUT2D eigenvalue weighted by Gasteiger charge is -2.44. The van der Waals surface area contributed by atoms with Gasteiger partial charge in [0.2, 0.25) is 5.91 Å². The third kappa shape index (κ3) is 3.99. The summed E-state index contributed by atoms with van der Waals surface area (Å²) in [5.41, 5.74) is -0.363. The number of terminal acetylenes is 1. The fourth-order valence-corrected chi connectivity index (χ4v) is 2.78. The Morgan fingerprint density at radius 2 is 2.11 bits per heavy atom. The second kappa shape index (κ2) is 6.60. The largest absolute Gasteiger partial charge is 0.480 e. The lowest BCUT2D eigenvalue weighted by atomic mass is 9.76. The van der Waals surface area contributed by atoms with Crippen LogP contribution < -0.4 is 0 Å². The molecule has 0 aromatic rings. The number of rotatable bonds is 5. The summed E-state index contributed by atoms with van der Waals surface area (Å²) in [6, 6.07) is -0.707. The van der Waals surface area contributed by atoms with E-state index >= 15 is 0 Å². The summed E-state index contributed by atoms with van der Waals surface area (Å²) >= 11 is 0. The normalized spacial score (nSPS) is 21.7. The number of unbranched alkanes of at least 4 members (excludes halogenated alkanes) is 2. The van der Waals surface area contributed by atoms with Gasteiger partial charge in [-0.15, -0.1) is 12.3 Å². The number of carboxylic acids is 1. The summed E-state index contributed by atoms with van der Waals surface area (Å²) in [6.07, 6.45) is 9.47. The van der Waals surface area contributed by atoms with Gasteiger partial charge in [-0.3, -0.25) is 4.79 Å². The maximum absolute atomic E-state index is 12.2. The zero-order valence-corrected chi connectivity index (χ0v) is 11.8. The molecule has 4 heteroatoms. The number of hydrogen-bond donors (Lipinski definition) is 1. The molecule has 1 rings (SSSR count). The Morgan fingerprint density at radius 3 is 2.68 bits per heavy atom. The average Bonchev–Trinajstić information content (AvgIpc) is 2.32. The van der Waals surface area contributed by atoms with Crippen LogP contribution in [-0.4, -0.2) is 34.5 Å². The second-order valence-electron chi connectivity index (χ2n) is 5.83. The Kier molecular flexibility index (Phi) is 5.41. The maximum atomic E-state index is 12.2. The average molecular weight is 265 g/mol. The third-order valence-electron chi connectivity index (χ3n) is 3.79. The van der Waals surface area contributed by atoms with Crippen molar-refractivity contribution in [3.8, 4) is 12.3 Å². The molecule has 19 heavy (non-hydrogen) atoms. The van der Waals surface area contributed by atoms with Crippen molar-refractivity contribution in [2.24, 2.45) is 5.41 Å². The van der Waals surface area contributed by atoms with Crippen LogP contribution in [0.4, 0.5) is 0 Å². The Bertz CT molecular complexity index is 381. The van der Waals surface area contributed by atoms with Gasteiger partial charge >= 0.3 is 5.97 Å². The molecule has 0 bridgehead atoms. The van der Waals surface area contributed by atoms with Crippen LogP contribution in [0.25, 0.3) is 0 Å². The molecule has 0 spiro atoms. The number of nitrogens with zero attached hydrogens (tertiary/aromatic N) is 1. The number of hydrogen-bond acceptors (Lipinski definition) is 2. The highest BCUT2D eigenvalue weighted by molar-refractivity contribution is 5.84. The van der Waals surface area contributed by atoms with Gasteiger partial charge < -0.3 is 10.0 Å². The zero-order valence-electron chi connectivity index (χ0n) is 11.8. The number of carboxylic acid groups (broad SMARTS) is 1. The molecule has 1 aliphatic heterocycles. The summed E-state index contributed by atoms with van der Waals surface area (Å²) in [5, 5.41) is 9.38. The molecule has 0 aromatic carbocycles. The van der Waals surface area contributed by atoms with E-state index in [0.717, 1.165) is 25.7 Å².